The molecule has 0 radical (unpaired) electrons. The lowest BCUT2D eigenvalue weighted by Crippen LogP contribution is -2.26. The van der Waals surface area contributed by atoms with Crippen LogP contribution in [-0.2, 0) is 9.13 Å². The summed E-state index contributed by atoms with van der Waals surface area (Å²) >= 11 is 0. The molecule has 0 saturated carbocycles. The molecule has 0 aromatic carbocycles. The molecule has 0 spiro atoms. The monoisotopic (exact) mass is 278 g/mol. The third-order valence-corrected chi connectivity index (χ3v) is 6.49. The van der Waals surface area contributed by atoms with E-state index in [-0.39, 0.29) is 27.2 Å². The molecule has 6 nitrogen and oxygen atoms in total. The van der Waals surface area contributed by atoms with E-state index >= 15 is 0 Å². The van der Waals surface area contributed by atoms with Gasteiger partial charge < -0.3 is 19.6 Å². The highest BCUT2D eigenvalue weighted by molar-refractivity contribution is 7.72. The second-order valence-corrected chi connectivity index (χ2v) is 8.41. The van der Waals surface area contributed by atoms with Crippen molar-refractivity contribution < 1.29 is 28.7 Å². The molecule has 0 heterocycles. The molecular weight excluding hydrogens is 254 g/mol. The van der Waals surface area contributed by atoms with Crippen molar-refractivity contribution in [1.82, 2.24) is 0 Å². The van der Waals surface area contributed by atoms with Gasteiger partial charge in [-0.1, -0.05) is 28.7 Å². The van der Waals surface area contributed by atoms with Gasteiger partial charge in [0.1, 0.15) is 0 Å². The third-order valence-electron chi connectivity index (χ3n) is 2.05. The van der Waals surface area contributed by atoms with Crippen LogP contribution in [0.25, 0.3) is 0 Å². The summed E-state index contributed by atoms with van der Waals surface area (Å²) in [5.74, 6) is -0.208. The predicted molar refractivity (Wildman–Crippen MR) is 65.4 cm³/mol. The van der Waals surface area contributed by atoms with Gasteiger partial charge in [-0.3, -0.25) is 9.13 Å². The Morgan fingerprint density at radius 2 is 1.25 bits per heavy atom. The molecule has 0 bridgehead atoms. The summed E-state index contributed by atoms with van der Waals surface area (Å²) in [5, 5.41) is 0. The van der Waals surface area contributed by atoms with Gasteiger partial charge in [-0.2, -0.15) is 0 Å². The smallest absolute Gasteiger partial charge is 0.324 e. The molecule has 0 fully saturated rings. The maximum Gasteiger partial charge on any atom is 0.343 e. The molecule has 0 atom stereocenters. The average Bonchev–Trinajstić information content (AvgIpc) is 1.79. The van der Waals surface area contributed by atoms with Gasteiger partial charge in [0.15, 0.2) is 4.90 Å². The molecule has 102 valence electrons. The lowest BCUT2D eigenvalue weighted by Gasteiger charge is -2.32. The zero-order valence-corrected chi connectivity index (χ0v) is 10.1. The molecule has 4 N–H and O–H groups in total. The fraction of sp³-hybridized carbons (Fsp3) is 1.00. The van der Waals surface area contributed by atoms with E-state index in [4.69, 9.17) is 19.6 Å². The average molecular weight is 278 g/mol. The van der Waals surface area contributed by atoms with E-state index in [1.807, 2.05) is 0 Å². The molecule has 0 amide bonds. The first-order valence-corrected chi connectivity index (χ1v) is 7.25. The summed E-state index contributed by atoms with van der Waals surface area (Å²) in [4.78, 5) is 33.5. The zero-order chi connectivity index (χ0) is 11.8. The Balaban J connectivity index is -0.000000845. The minimum absolute atomic E-state index is 0. The van der Waals surface area contributed by atoms with Gasteiger partial charge in [-0.15, -0.1) is 0 Å². The van der Waals surface area contributed by atoms with Crippen molar-refractivity contribution in [3.63, 3.8) is 0 Å². The summed E-state index contributed by atoms with van der Waals surface area (Å²) in [5.41, 5.74) is 0. The predicted octanol–water partition coefficient (Wildman–Crippen LogP) is 2.38. The molecule has 0 rings (SSSR count). The quantitative estimate of drug-likeness (QED) is 0.587. The van der Waals surface area contributed by atoms with Gasteiger partial charge in [0.05, 0.1) is 0 Å². The van der Waals surface area contributed by atoms with Gasteiger partial charge in [-0.25, -0.2) is 0 Å². The van der Waals surface area contributed by atoms with E-state index in [9.17, 15) is 9.13 Å². The van der Waals surface area contributed by atoms with Crippen LogP contribution in [0.2, 0.25) is 0 Å². The molecule has 0 saturated heterocycles. The van der Waals surface area contributed by atoms with E-state index in [2.05, 4.69) is 0 Å². The summed E-state index contributed by atoms with van der Waals surface area (Å²) in [6.07, 6.45) is -0.221. The molecule has 0 aliphatic rings. The second kappa shape index (κ2) is 6.29. The summed E-state index contributed by atoms with van der Waals surface area (Å²) in [6.45, 7) is 4.21. The Morgan fingerprint density at radius 3 is 1.31 bits per heavy atom. The molecule has 0 aromatic rings. The van der Waals surface area contributed by atoms with Crippen LogP contribution in [0.4, 0.5) is 0 Å². The first-order valence-electron chi connectivity index (χ1n) is 4.03. The molecule has 8 heteroatoms. The Kier molecular flexibility index (Phi) is 8.48. The van der Waals surface area contributed by atoms with Crippen LogP contribution in [0.15, 0.2) is 0 Å². The van der Waals surface area contributed by atoms with Gasteiger partial charge in [0.25, 0.3) is 0 Å². The van der Waals surface area contributed by atoms with E-state index in [1.165, 1.54) is 0 Å². The zero-order valence-electron chi connectivity index (χ0n) is 8.28. The fourth-order valence-electron chi connectivity index (χ4n) is 1.18. The summed E-state index contributed by atoms with van der Waals surface area (Å²) in [6, 6.07) is 0. The van der Waals surface area contributed by atoms with Gasteiger partial charge in [-0.05, 0) is 19.3 Å². The summed E-state index contributed by atoms with van der Waals surface area (Å²) < 4.78 is 22.1. The van der Waals surface area contributed by atoms with E-state index in [0.717, 1.165) is 6.92 Å². The topological polar surface area (TPSA) is 115 Å². The van der Waals surface area contributed by atoms with Crippen LogP contribution >= 0.6 is 15.2 Å². The van der Waals surface area contributed by atoms with Gasteiger partial charge >= 0.3 is 15.2 Å². The maximum atomic E-state index is 11.0. The molecule has 0 aliphatic carbocycles. The molecular formula is C8H24O6P2. The van der Waals surface area contributed by atoms with Crippen molar-refractivity contribution in [2.24, 2.45) is 5.92 Å². The molecule has 0 aromatic heterocycles. The second-order valence-electron chi connectivity index (χ2n) is 3.90. The lowest BCUT2D eigenvalue weighted by molar-refractivity contribution is 0.297. The number of rotatable bonds is 4. The Morgan fingerprint density at radius 1 is 1.00 bits per heavy atom. The SMILES string of the molecule is C.C.CC(C)CC(C)(P(=O)(O)O)P(=O)(O)O. The summed E-state index contributed by atoms with van der Waals surface area (Å²) in [7, 11) is -9.65. The van der Waals surface area contributed by atoms with Crippen LogP contribution in [-0.4, -0.2) is 24.5 Å². The van der Waals surface area contributed by atoms with E-state index in [1.54, 1.807) is 13.8 Å². The van der Waals surface area contributed by atoms with Crippen molar-refractivity contribution in [3.8, 4) is 0 Å². The van der Waals surface area contributed by atoms with Crippen LogP contribution in [0, 0.1) is 5.92 Å². The number of hydrogen-bond donors (Lipinski definition) is 4. The molecule has 0 unspecified atom stereocenters. The van der Waals surface area contributed by atoms with Crippen LogP contribution in [0.3, 0.4) is 0 Å². The van der Waals surface area contributed by atoms with Crippen molar-refractivity contribution in [1.29, 1.82) is 0 Å². The van der Waals surface area contributed by atoms with Crippen molar-refractivity contribution in [2.45, 2.75) is 46.9 Å². The third kappa shape index (κ3) is 4.66. The Labute approximate surface area is 97.4 Å². The highest BCUT2D eigenvalue weighted by Crippen LogP contribution is 2.70. The lowest BCUT2D eigenvalue weighted by atomic mass is 10.1. The molecule has 0 aliphatic heterocycles. The number of hydrogen-bond acceptors (Lipinski definition) is 2. The normalized spacial score (nSPS) is 13.0. The highest BCUT2D eigenvalue weighted by Gasteiger charge is 2.56. The van der Waals surface area contributed by atoms with Crippen LogP contribution in [0.1, 0.15) is 42.0 Å². The standard InChI is InChI=1S/C6H16O6P2.2CH4/c1-5(2)4-6(3,13(7,8)9)14(10,11)12;;/h5H,4H2,1-3H3,(H2,7,8,9)(H2,10,11,12);2*1H4. The first-order chi connectivity index (χ1) is 5.92. The van der Waals surface area contributed by atoms with Crippen LogP contribution < -0.4 is 0 Å². The van der Waals surface area contributed by atoms with E-state index in [0.29, 0.717) is 0 Å². The van der Waals surface area contributed by atoms with Gasteiger partial charge in [0, 0.05) is 0 Å². The van der Waals surface area contributed by atoms with Crippen LogP contribution in [0.5, 0.6) is 0 Å². The highest BCUT2D eigenvalue weighted by atomic mass is 31.2. The largest absolute Gasteiger partial charge is 0.343 e. The van der Waals surface area contributed by atoms with Gasteiger partial charge in [0.2, 0.25) is 0 Å². The molecule has 16 heavy (non-hydrogen) atoms. The van der Waals surface area contributed by atoms with Crippen molar-refractivity contribution in [2.75, 3.05) is 0 Å². The minimum Gasteiger partial charge on any atom is -0.324 e. The van der Waals surface area contributed by atoms with E-state index < -0.39 is 20.1 Å². The van der Waals surface area contributed by atoms with Crippen molar-refractivity contribution >= 4 is 15.2 Å². The first kappa shape index (κ1) is 21.6. The minimum atomic E-state index is -4.83. The Hall–Kier alpha value is 0.300. The maximum absolute atomic E-state index is 11.0. The fourth-order valence-corrected chi connectivity index (χ4v) is 3.74. The Bertz CT molecular complexity index is 267. The van der Waals surface area contributed by atoms with Crippen molar-refractivity contribution in [3.05, 3.63) is 0 Å².